The summed E-state index contributed by atoms with van der Waals surface area (Å²) in [6, 6.07) is 19.3. The Kier molecular flexibility index (Phi) is 16.8. The van der Waals surface area contributed by atoms with E-state index in [4.69, 9.17) is 9.90 Å². The van der Waals surface area contributed by atoms with Gasteiger partial charge in [0.05, 0.1) is 44.2 Å². The van der Waals surface area contributed by atoms with Crippen LogP contribution in [-0.2, 0) is 20.9 Å². The normalized spacial score (nSPS) is 21.6. The molecule has 3 aromatic rings. The summed E-state index contributed by atoms with van der Waals surface area (Å²) >= 11 is 0. The largest absolute Gasteiger partial charge is 0.542 e. The number of hydrogen-bond acceptors (Lipinski definition) is 6. The van der Waals surface area contributed by atoms with Crippen LogP contribution in [0.2, 0.25) is 0 Å². The molecule has 4 aliphatic heterocycles. The second-order valence-corrected chi connectivity index (χ2v) is 16.2. The summed E-state index contributed by atoms with van der Waals surface area (Å²) < 4.78 is 60.0. The summed E-state index contributed by atoms with van der Waals surface area (Å²) in [4.78, 5) is 39.1. The van der Waals surface area contributed by atoms with Crippen molar-refractivity contribution in [3.63, 3.8) is 0 Å². The average Bonchev–Trinajstić information content (AvgIpc) is 3.22. The topological polar surface area (TPSA) is 113 Å². The van der Waals surface area contributed by atoms with Crippen molar-refractivity contribution in [2.45, 2.75) is 102 Å². The number of fused-ring (bicyclic) bond motifs is 3. The molecule has 3 unspecified atom stereocenters. The molecular weight excluding hydrogens is 772 g/mol. The van der Waals surface area contributed by atoms with E-state index in [1.165, 1.54) is 120 Å². The molecule has 3 aromatic carbocycles. The van der Waals surface area contributed by atoms with Crippen molar-refractivity contribution in [1.82, 2.24) is 10.2 Å². The number of carboxylic acids is 1. The Morgan fingerprint density at radius 3 is 1.83 bits per heavy atom. The molecule has 2 amide bonds. The van der Waals surface area contributed by atoms with E-state index in [2.05, 4.69) is 10.2 Å². The first-order valence-electron chi connectivity index (χ1n) is 21.0. The number of halogens is 5. The van der Waals surface area contributed by atoms with Crippen molar-refractivity contribution in [2.24, 2.45) is 5.92 Å². The highest BCUT2D eigenvalue weighted by Gasteiger charge is 2.48. The Balaban J connectivity index is 0.000000867. The lowest BCUT2D eigenvalue weighted by Crippen LogP contribution is -2.67. The number of amides is 2. The Hall–Kier alpha value is -4.40. The summed E-state index contributed by atoms with van der Waals surface area (Å²) in [5, 5.41) is 22.6. The third kappa shape index (κ3) is 13.6. The molecule has 4 heterocycles. The minimum absolute atomic E-state index is 0.0671. The van der Waals surface area contributed by atoms with Gasteiger partial charge in [0.25, 0.3) is 0 Å². The molecular formula is C45H57F5N4O5. The molecule has 2 bridgehead atoms. The number of β-lactam (4-membered cyclic amide) rings is 1. The van der Waals surface area contributed by atoms with E-state index in [1.807, 2.05) is 24.3 Å². The van der Waals surface area contributed by atoms with Crippen LogP contribution in [0.3, 0.4) is 0 Å². The molecule has 4 fully saturated rings. The van der Waals surface area contributed by atoms with Crippen LogP contribution in [0.1, 0.15) is 106 Å². The third-order valence-electron chi connectivity index (χ3n) is 12.1. The number of carbonyl (C=O) groups excluding carboxylic acids is 3. The zero-order chi connectivity index (χ0) is 42.4. The Morgan fingerprint density at radius 2 is 1.29 bits per heavy atom. The molecule has 4 aliphatic rings. The first kappa shape index (κ1) is 45.7. The number of rotatable bonds is 20. The van der Waals surface area contributed by atoms with Crippen LogP contribution in [0, 0.1) is 17.6 Å². The fraction of sp³-hybridized carbons (Fsp3) is 0.533. The number of piperazine rings is 3. The zero-order valence-corrected chi connectivity index (χ0v) is 33.6. The second kappa shape index (κ2) is 21.7. The van der Waals surface area contributed by atoms with Gasteiger partial charge in [0.1, 0.15) is 17.6 Å². The number of hydrogen-bond donors (Lipinski definition) is 2. The van der Waals surface area contributed by atoms with Gasteiger partial charge < -0.3 is 29.7 Å². The summed E-state index contributed by atoms with van der Waals surface area (Å²) in [6.45, 7) is 9.85. The predicted molar refractivity (Wildman–Crippen MR) is 212 cm³/mol. The van der Waals surface area contributed by atoms with Crippen molar-refractivity contribution in [1.29, 1.82) is 0 Å². The summed E-state index contributed by atoms with van der Waals surface area (Å²) in [5.74, 6) is -4.12. The first-order valence-corrected chi connectivity index (χ1v) is 21.0. The van der Waals surface area contributed by atoms with Crippen molar-refractivity contribution >= 4 is 23.5 Å². The maximum atomic E-state index is 13.7. The van der Waals surface area contributed by atoms with Gasteiger partial charge in [-0.2, -0.15) is 13.2 Å². The maximum absolute atomic E-state index is 13.7. The zero-order valence-electron chi connectivity index (χ0n) is 33.6. The highest BCUT2D eigenvalue weighted by atomic mass is 19.4. The SMILES string of the molecule is O=C(CCCCCCCCCCC[N+]12CCN(CC1)CC2)NCc1ccc(C2C(CCC(O)c3ccc(F)cc3)C(=O)N2c2ccc(F)cc2)cc1.O=C([O-])C(F)(F)F. The molecule has 14 heteroatoms. The highest BCUT2D eigenvalue weighted by Crippen LogP contribution is 2.46. The molecule has 0 spiro atoms. The molecule has 7 rings (SSSR count). The van der Waals surface area contributed by atoms with Crippen LogP contribution in [0.25, 0.3) is 0 Å². The van der Waals surface area contributed by atoms with E-state index in [-0.39, 0.29) is 35.4 Å². The van der Waals surface area contributed by atoms with Crippen LogP contribution in [0.4, 0.5) is 27.6 Å². The number of alkyl halides is 3. The average molecular weight is 829 g/mol. The predicted octanol–water partition coefficient (Wildman–Crippen LogP) is 7.14. The number of nitrogens with zero attached hydrogens (tertiary/aromatic N) is 3. The number of quaternary nitrogens is 1. The van der Waals surface area contributed by atoms with Crippen LogP contribution in [0.15, 0.2) is 72.8 Å². The first-order chi connectivity index (χ1) is 28.2. The van der Waals surface area contributed by atoms with Crippen molar-refractivity contribution in [3.05, 3.63) is 101 Å². The molecule has 2 N–H and O–H groups in total. The molecule has 4 saturated heterocycles. The van der Waals surface area contributed by atoms with Gasteiger partial charge in [0, 0.05) is 38.3 Å². The van der Waals surface area contributed by atoms with Gasteiger partial charge >= 0.3 is 6.18 Å². The summed E-state index contributed by atoms with van der Waals surface area (Å²) in [7, 11) is 0. The van der Waals surface area contributed by atoms with Gasteiger partial charge in [0.2, 0.25) is 11.8 Å². The van der Waals surface area contributed by atoms with E-state index in [0.29, 0.717) is 37.1 Å². The van der Waals surface area contributed by atoms with Crippen molar-refractivity contribution in [2.75, 3.05) is 50.7 Å². The van der Waals surface area contributed by atoms with Crippen molar-refractivity contribution in [3.8, 4) is 0 Å². The van der Waals surface area contributed by atoms with E-state index >= 15 is 0 Å². The van der Waals surface area contributed by atoms with Gasteiger partial charge in [-0.05, 0) is 85.2 Å². The highest BCUT2D eigenvalue weighted by molar-refractivity contribution is 6.03. The van der Waals surface area contributed by atoms with Crippen LogP contribution in [-0.4, -0.2) is 84.3 Å². The van der Waals surface area contributed by atoms with E-state index in [9.17, 15) is 36.6 Å². The lowest BCUT2D eigenvalue weighted by Gasteiger charge is -2.50. The number of benzene rings is 3. The van der Waals surface area contributed by atoms with Crippen LogP contribution >= 0.6 is 0 Å². The summed E-state index contributed by atoms with van der Waals surface area (Å²) in [6.07, 6.45) is 6.49. The number of carboxylic acid groups (broad SMARTS) is 1. The van der Waals surface area contributed by atoms with Crippen molar-refractivity contribution < 1.29 is 51.0 Å². The Labute approximate surface area is 343 Å². The monoisotopic (exact) mass is 828 g/mol. The second-order valence-electron chi connectivity index (χ2n) is 16.2. The molecule has 0 saturated carbocycles. The maximum Gasteiger partial charge on any atom is 0.430 e. The molecule has 0 aromatic heterocycles. The number of anilines is 1. The summed E-state index contributed by atoms with van der Waals surface area (Å²) in [5.41, 5.74) is 3.13. The van der Waals surface area contributed by atoms with E-state index in [0.717, 1.165) is 24.0 Å². The Morgan fingerprint density at radius 1 is 0.780 bits per heavy atom. The van der Waals surface area contributed by atoms with E-state index in [1.54, 1.807) is 29.2 Å². The molecule has 0 aliphatic carbocycles. The number of aliphatic hydroxyl groups excluding tert-OH is 1. The molecule has 9 nitrogen and oxygen atoms in total. The Bertz CT molecular complexity index is 1770. The smallest absolute Gasteiger partial charge is 0.430 e. The number of aliphatic hydroxyl groups is 1. The number of carbonyl (C=O) groups is 3. The lowest BCUT2D eigenvalue weighted by atomic mass is 9.78. The van der Waals surface area contributed by atoms with Gasteiger partial charge in [-0.25, -0.2) is 8.78 Å². The molecule has 322 valence electrons. The van der Waals surface area contributed by atoms with Crippen LogP contribution in [0.5, 0.6) is 0 Å². The molecule has 0 radical (unpaired) electrons. The standard InChI is InChI=1S/C43H56F2N4O3.C2HF3O2/c44-36-17-15-34(16-18-36)40(50)24-23-39-42(48(43(39)52)38-21-19-37(45)20-22-38)35-13-11-33(12-14-35)32-46-41(51)10-8-6-4-2-1-3-5-7-9-28-49-29-25-47(26-30-49)27-31-49;3-2(4,5)1(6)7/h11-22,39-40,42,50H,1-10,23-32H2;(H,6,7). The van der Waals surface area contributed by atoms with E-state index < -0.39 is 18.2 Å². The minimum Gasteiger partial charge on any atom is -0.542 e. The number of nitrogens with one attached hydrogen (secondary N) is 1. The fourth-order valence-corrected chi connectivity index (χ4v) is 8.45. The number of aliphatic carboxylic acids is 1. The quantitative estimate of drug-likeness (QED) is 0.0542. The van der Waals surface area contributed by atoms with Gasteiger partial charge in [-0.3, -0.25) is 14.5 Å². The van der Waals surface area contributed by atoms with Gasteiger partial charge in [-0.1, -0.05) is 74.9 Å². The van der Waals surface area contributed by atoms with Gasteiger partial charge in [0.15, 0.2) is 0 Å². The lowest BCUT2D eigenvalue weighted by molar-refractivity contribution is -0.941. The third-order valence-corrected chi connectivity index (χ3v) is 12.1. The molecule has 59 heavy (non-hydrogen) atoms. The number of unbranched alkanes of at least 4 members (excludes halogenated alkanes) is 8. The minimum atomic E-state index is -5.19. The van der Waals surface area contributed by atoms with Crippen LogP contribution < -0.4 is 15.3 Å². The molecule has 3 atom stereocenters. The fourth-order valence-electron chi connectivity index (χ4n) is 8.45. The van der Waals surface area contributed by atoms with Gasteiger partial charge in [-0.15, -0.1) is 0 Å².